The molecule has 9 nitrogen and oxygen atoms in total. The molecule has 2 heterocycles. The molecule has 0 saturated heterocycles. The van der Waals surface area contributed by atoms with E-state index in [9.17, 15) is 14.4 Å². The lowest BCUT2D eigenvalue weighted by molar-refractivity contribution is -0.117. The van der Waals surface area contributed by atoms with Crippen molar-refractivity contribution in [2.24, 2.45) is 5.92 Å². The molecule has 0 bridgehead atoms. The number of nitrogens with one attached hydrogen (secondary N) is 3. The summed E-state index contributed by atoms with van der Waals surface area (Å²) >= 11 is 0. The van der Waals surface area contributed by atoms with Crippen LogP contribution in [0, 0.1) is 5.92 Å². The summed E-state index contributed by atoms with van der Waals surface area (Å²) in [5, 5.41) is 8.34. The van der Waals surface area contributed by atoms with Gasteiger partial charge >= 0.3 is 0 Å². The van der Waals surface area contributed by atoms with Crippen LogP contribution in [0.25, 0.3) is 5.65 Å². The molecule has 35 heavy (non-hydrogen) atoms. The van der Waals surface area contributed by atoms with E-state index in [-0.39, 0.29) is 23.6 Å². The van der Waals surface area contributed by atoms with E-state index in [1.807, 2.05) is 0 Å². The first-order valence-corrected chi connectivity index (χ1v) is 11.2. The molecule has 0 radical (unpaired) electrons. The van der Waals surface area contributed by atoms with Crippen LogP contribution in [0.5, 0.6) is 11.5 Å². The zero-order valence-corrected chi connectivity index (χ0v) is 18.9. The van der Waals surface area contributed by atoms with Gasteiger partial charge in [-0.05, 0) is 49.2 Å². The van der Waals surface area contributed by atoms with E-state index < -0.39 is 0 Å². The van der Waals surface area contributed by atoms with Crippen molar-refractivity contribution in [3.05, 3.63) is 78.6 Å². The highest BCUT2D eigenvalue weighted by Gasteiger charge is 2.30. The maximum absolute atomic E-state index is 12.8. The Morgan fingerprint density at radius 3 is 2.54 bits per heavy atom. The van der Waals surface area contributed by atoms with Crippen LogP contribution in [0.15, 0.2) is 73.1 Å². The highest BCUT2D eigenvalue weighted by atomic mass is 16.5. The number of fused-ring (bicyclic) bond motifs is 1. The fourth-order valence-corrected chi connectivity index (χ4v) is 3.62. The topological polar surface area (TPSA) is 114 Å². The number of imidazole rings is 1. The minimum Gasteiger partial charge on any atom is -0.456 e. The van der Waals surface area contributed by atoms with Crippen molar-refractivity contribution in [2.45, 2.75) is 19.8 Å². The van der Waals surface area contributed by atoms with Gasteiger partial charge in [-0.15, -0.1) is 0 Å². The Balaban J connectivity index is 1.29. The number of amides is 3. The molecular weight excluding hydrogens is 446 g/mol. The SMILES string of the molecule is CC(=O)Nc1ccccc1C(=O)Nc1cccc(Oc2ccc3nc(NC(=O)C4CC4)cn3c2)c1. The molecule has 3 N–H and O–H groups in total. The van der Waals surface area contributed by atoms with Crippen LogP contribution >= 0.6 is 0 Å². The van der Waals surface area contributed by atoms with Crippen molar-refractivity contribution < 1.29 is 19.1 Å². The first-order valence-electron chi connectivity index (χ1n) is 11.2. The van der Waals surface area contributed by atoms with Crippen LogP contribution < -0.4 is 20.7 Å². The summed E-state index contributed by atoms with van der Waals surface area (Å²) in [6.07, 6.45) is 5.37. The molecule has 9 heteroatoms. The van der Waals surface area contributed by atoms with Gasteiger partial charge in [-0.2, -0.15) is 0 Å². The number of hydrogen-bond acceptors (Lipinski definition) is 5. The summed E-state index contributed by atoms with van der Waals surface area (Å²) in [5.74, 6) is 1.09. The summed E-state index contributed by atoms with van der Waals surface area (Å²) in [4.78, 5) is 40.7. The molecule has 3 amide bonds. The van der Waals surface area contributed by atoms with Gasteiger partial charge in [0, 0.05) is 24.6 Å². The van der Waals surface area contributed by atoms with E-state index in [0.29, 0.717) is 39.9 Å². The van der Waals surface area contributed by atoms with E-state index in [4.69, 9.17) is 4.74 Å². The smallest absolute Gasteiger partial charge is 0.257 e. The maximum Gasteiger partial charge on any atom is 0.257 e. The van der Waals surface area contributed by atoms with Gasteiger partial charge in [0.25, 0.3) is 5.91 Å². The number of rotatable bonds is 7. The van der Waals surface area contributed by atoms with Gasteiger partial charge in [-0.1, -0.05) is 18.2 Å². The van der Waals surface area contributed by atoms with Gasteiger partial charge in [-0.25, -0.2) is 4.98 Å². The second kappa shape index (κ2) is 9.30. The summed E-state index contributed by atoms with van der Waals surface area (Å²) in [6.45, 7) is 1.39. The molecular formula is C26H23N5O4. The van der Waals surface area contributed by atoms with Crippen molar-refractivity contribution in [1.82, 2.24) is 9.38 Å². The third-order valence-electron chi connectivity index (χ3n) is 5.43. The van der Waals surface area contributed by atoms with Gasteiger partial charge in [-0.3, -0.25) is 14.4 Å². The summed E-state index contributed by atoms with van der Waals surface area (Å²) < 4.78 is 7.77. The second-order valence-electron chi connectivity index (χ2n) is 8.33. The highest BCUT2D eigenvalue weighted by molar-refractivity contribution is 6.10. The maximum atomic E-state index is 12.8. The number of nitrogens with zero attached hydrogens (tertiary/aromatic N) is 2. The monoisotopic (exact) mass is 469 g/mol. The number of anilines is 3. The molecule has 1 saturated carbocycles. The van der Waals surface area contributed by atoms with E-state index in [2.05, 4.69) is 20.9 Å². The van der Waals surface area contributed by atoms with Gasteiger partial charge < -0.3 is 25.1 Å². The Labute approximate surface area is 201 Å². The third-order valence-corrected chi connectivity index (χ3v) is 5.43. The summed E-state index contributed by atoms with van der Waals surface area (Å²) in [7, 11) is 0. The molecule has 0 spiro atoms. The van der Waals surface area contributed by atoms with Crippen LogP contribution in [-0.2, 0) is 9.59 Å². The molecule has 5 rings (SSSR count). The van der Waals surface area contributed by atoms with Crippen LogP contribution in [-0.4, -0.2) is 27.1 Å². The fraction of sp³-hybridized carbons (Fsp3) is 0.154. The van der Waals surface area contributed by atoms with Crippen LogP contribution in [0.4, 0.5) is 17.2 Å². The minimum atomic E-state index is -0.355. The molecule has 1 fully saturated rings. The number of aromatic nitrogens is 2. The quantitative estimate of drug-likeness (QED) is 0.364. The van der Waals surface area contributed by atoms with Crippen molar-refractivity contribution in [3.63, 3.8) is 0 Å². The lowest BCUT2D eigenvalue weighted by atomic mass is 10.1. The molecule has 2 aromatic carbocycles. The molecule has 0 unspecified atom stereocenters. The van der Waals surface area contributed by atoms with Crippen LogP contribution in [0.1, 0.15) is 30.1 Å². The molecule has 1 aliphatic carbocycles. The minimum absolute atomic E-state index is 0.00319. The van der Waals surface area contributed by atoms with Gasteiger partial charge in [0.15, 0.2) is 5.82 Å². The number of para-hydroxylation sites is 1. The van der Waals surface area contributed by atoms with Crippen molar-refractivity contribution >= 4 is 40.6 Å². The molecule has 1 aliphatic rings. The van der Waals surface area contributed by atoms with Gasteiger partial charge in [0.2, 0.25) is 11.8 Å². The Hall–Kier alpha value is -4.66. The van der Waals surface area contributed by atoms with E-state index >= 15 is 0 Å². The number of ether oxygens (including phenoxy) is 1. The highest BCUT2D eigenvalue weighted by Crippen LogP contribution is 2.30. The van der Waals surface area contributed by atoms with Gasteiger partial charge in [0.05, 0.1) is 23.6 Å². The zero-order chi connectivity index (χ0) is 24.4. The fourth-order valence-electron chi connectivity index (χ4n) is 3.62. The normalized spacial score (nSPS) is 12.7. The Bertz CT molecular complexity index is 1440. The number of benzene rings is 2. The lowest BCUT2D eigenvalue weighted by Gasteiger charge is -2.12. The Kier molecular flexibility index (Phi) is 5.88. The number of pyridine rings is 1. The standard InChI is InChI=1S/C26H23N5O4/c1-16(32)27-22-8-3-2-7-21(22)26(34)28-18-5-4-6-19(13-18)35-20-11-12-24-29-23(15-31(24)14-20)30-25(33)17-9-10-17/h2-8,11-15,17H,9-10H2,1H3,(H,27,32)(H,28,34)(H,30,33). The van der Waals surface area contributed by atoms with Crippen molar-refractivity contribution in [1.29, 1.82) is 0 Å². The zero-order valence-electron chi connectivity index (χ0n) is 18.9. The van der Waals surface area contributed by atoms with E-state index in [1.54, 1.807) is 77.5 Å². The summed E-state index contributed by atoms with van der Waals surface area (Å²) in [5.41, 5.74) is 2.01. The van der Waals surface area contributed by atoms with Crippen LogP contribution in [0.2, 0.25) is 0 Å². The molecule has 2 aromatic heterocycles. The lowest BCUT2D eigenvalue weighted by Crippen LogP contribution is -2.16. The van der Waals surface area contributed by atoms with E-state index in [1.165, 1.54) is 6.92 Å². The van der Waals surface area contributed by atoms with Crippen LogP contribution in [0.3, 0.4) is 0 Å². The first-order chi connectivity index (χ1) is 16.9. The van der Waals surface area contributed by atoms with Crippen molar-refractivity contribution in [3.8, 4) is 11.5 Å². The van der Waals surface area contributed by atoms with Gasteiger partial charge in [0.1, 0.15) is 17.1 Å². The average Bonchev–Trinajstić information content (AvgIpc) is 3.60. The molecule has 176 valence electrons. The average molecular weight is 470 g/mol. The molecule has 0 aliphatic heterocycles. The Morgan fingerprint density at radius 1 is 0.914 bits per heavy atom. The predicted molar refractivity (Wildman–Crippen MR) is 132 cm³/mol. The summed E-state index contributed by atoms with van der Waals surface area (Å²) in [6, 6.07) is 17.4. The first kappa shape index (κ1) is 22.1. The number of carbonyl (C=O) groups is 3. The molecule has 0 atom stereocenters. The Morgan fingerprint density at radius 2 is 1.74 bits per heavy atom. The third kappa shape index (κ3) is 5.30. The number of carbonyl (C=O) groups excluding carboxylic acids is 3. The molecule has 4 aromatic rings. The largest absolute Gasteiger partial charge is 0.456 e. The van der Waals surface area contributed by atoms with Crippen molar-refractivity contribution in [2.75, 3.05) is 16.0 Å². The number of hydrogen-bond donors (Lipinski definition) is 3. The predicted octanol–water partition coefficient (Wildman–Crippen LogP) is 4.69. The second-order valence-corrected chi connectivity index (χ2v) is 8.33. The van der Waals surface area contributed by atoms with E-state index in [0.717, 1.165) is 12.8 Å².